The number of rotatable bonds is 6. The highest BCUT2D eigenvalue weighted by Gasteiger charge is 2.30. The molecular formula is C25H21FN2O4S. The molecule has 168 valence electrons. The molecule has 0 saturated carbocycles. The number of nitrogens with two attached hydrogens (primary N) is 1. The highest BCUT2D eigenvalue weighted by molar-refractivity contribution is 7.18. The summed E-state index contributed by atoms with van der Waals surface area (Å²) in [6, 6.07) is 17.0. The van der Waals surface area contributed by atoms with E-state index < -0.39 is 12.0 Å². The van der Waals surface area contributed by atoms with Gasteiger partial charge in [-0.15, -0.1) is 11.3 Å². The highest BCUT2D eigenvalue weighted by Crippen LogP contribution is 2.39. The fourth-order valence-corrected chi connectivity index (χ4v) is 4.86. The third kappa shape index (κ3) is 4.53. The van der Waals surface area contributed by atoms with Gasteiger partial charge in [-0.3, -0.25) is 4.79 Å². The number of aliphatic hydroxyl groups excluding tert-OH is 1. The zero-order valence-electron chi connectivity index (χ0n) is 17.5. The first-order valence-corrected chi connectivity index (χ1v) is 11.3. The molecule has 2 atom stereocenters. The number of nitrogens with zero attached hydrogens (tertiary/aromatic N) is 1. The van der Waals surface area contributed by atoms with Gasteiger partial charge in [-0.05, 0) is 54.4 Å². The van der Waals surface area contributed by atoms with Crippen molar-refractivity contribution in [1.82, 2.24) is 4.98 Å². The van der Waals surface area contributed by atoms with Crippen LogP contribution in [0.2, 0.25) is 0 Å². The molecule has 0 aliphatic carbocycles. The van der Waals surface area contributed by atoms with Gasteiger partial charge in [0.25, 0.3) is 0 Å². The average molecular weight is 465 g/mol. The number of benzene rings is 3. The van der Waals surface area contributed by atoms with Crippen molar-refractivity contribution in [3.05, 3.63) is 88.2 Å². The maximum Gasteiger partial charge on any atom is 0.248 e. The number of fused-ring (bicyclic) bond motifs is 2. The Morgan fingerprint density at radius 3 is 2.94 bits per heavy atom. The molecule has 0 radical (unpaired) electrons. The first-order valence-electron chi connectivity index (χ1n) is 10.5. The van der Waals surface area contributed by atoms with E-state index in [9.17, 15) is 14.3 Å². The number of primary amides is 1. The quantitative estimate of drug-likeness (QED) is 0.441. The average Bonchev–Trinajstić information content (AvgIpc) is 3.22. The predicted molar refractivity (Wildman–Crippen MR) is 123 cm³/mol. The van der Waals surface area contributed by atoms with Crippen LogP contribution in [-0.4, -0.2) is 22.6 Å². The zero-order chi connectivity index (χ0) is 22.9. The maximum atomic E-state index is 13.4. The predicted octanol–water partition coefficient (Wildman–Crippen LogP) is 4.40. The molecule has 0 saturated heterocycles. The van der Waals surface area contributed by atoms with Gasteiger partial charge in [0.2, 0.25) is 5.91 Å². The molecule has 3 aromatic carbocycles. The van der Waals surface area contributed by atoms with Gasteiger partial charge in [0.1, 0.15) is 28.9 Å². The first-order chi connectivity index (χ1) is 16.0. The summed E-state index contributed by atoms with van der Waals surface area (Å²) in [6.45, 7) is 0.595. The number of hydrogen-bond donors (Lipinski definition) is 2. The van der Waals surface area contributed by atoms with E-state index in [1.54, 1.807) is 42.5 Å². The highest BCUT2D eigenvalue weighted by atomic mass is 32.1. The van der Waals surface area contributed by atoms with E-state index in [0.717, 1.165) is 15.3 Å². The molecule has 0 bridgehead atoms. The van der Waals surface area contributed by atoms with Gasteiger partial charge in [-0.25, -0.2) is 9.37 Å². The topological polar surface area (TPSA) is 94.7 Å². The second-order valence-corrected chi connectivity index (χ2v) is 9.11. The van der Waals surface area contributed by atoms with Crippen LogP contribution >= 0.6 is 11.3 Å². The van der Waals surface area contributed by atoms with Crippen LogP contribution in [-0.2, 0) is 13.0 Å². The number of aliphatic hydroxyl groups is 1. The fraction of sp³-hybridized carbons (Fsp3) is 0.200. The van der Waals surface area contributed by atoms with Gasteiger partial charge in [-0.1, -0.05) is 12.1 Å². The van der Waals surface area contributed by atoms with Crippen LogP contribution < -0.4 is 15.2 Å². The number of aromatic nitrogens is 1. The summed E-state index contributed by atoms with van der Waals surface area (Å²) in [5, 5.41) is 11.8. The molecule has 1 aliphatic rings. The molecule has 2 unspecified atom stereocenters. The normalized spacial score (nSPS) is 17.4. The second-order valence-electron chi connectivity index (χ2n) is 7.99. The van der Waals surface area contributed by atoms with Crippen LogP contribution in [0.4, 0.5) is 4.39 Å². The van der Waals surface area contributed by atoms with Crippen LogP contribution in [0.5, 0.6) is 11.5 Å². The number of halogens is 1. The summed E-state index contributed by atoms with van der Waals surface area (Å²) >= 11 is 1.45. The van der Waals surface area contributed by atoms with Crippen LogP contribution in [0.15, 0.2) is 60.7 Å². The van der Waals surface area contributed by atoms with E-state index in [-0.39, 0.29) is 18.3 Å². The SMILES string of the molecule is NC(=O)c1cccc(CC2COc3ccc(OCc4nc5cc(F)ccc5s4)cc3C2O)c1. The van der Waals surface area contributed by atoms with Gasteiger partial charge >= 0.3 is 0 Å². The smallest absolute Gasteiger partial charge is 0.248 e. The molecule has 33 heavy (non-hydrogen) atoms. The summed E-state index contributed by atoms with van der Waals surface area (Å²) in [7, 11) is 0. The molecule has 4 aromatic rings. The van der Waals surface area contributed by atoms with Crippen molar-refractivity contribution < 1.29 is 23.8 Å². The van der Waals surface area contributed by atoms with Crippen molar-refractivity contribution in [2.75, 3.05) is 6.61 Å². The van der Waals surface area contributed by atoms with Gasteiger partial charge < -0.3 is 20.3 Å². The van der Waals surface area contributed by atoms with E-state index >= 15 is 0 Å². The van der Waals surface area contributed by atoms with Crippen molar-refractivity contribution in [3.8, 4) is 11.5 Å². The maximum absolute atomic E-state index is 13.4. The minimum Gasteiger partial charge on any atom is -0.493 e. The van der Waals surface area contributed by atoms with E-state index in [0.29, 0.717) is 41.2 Å². The molecule has 1 amide bonds. The van der Waals surface area contributed by atoms with E-state index in [1.165, 1.54) is 23.5 Å². The Labute approximate surface area is 193 Å². The van der Waals surface area contributed by atoms with E-state index in [1.807, 2.05) is 6.07 Å². The van der Waals surface area contributed by atoms with Crippen molar-refractivity contribution in [2.45, 2.75) is 19.1 Å². The van der Waals surface area contributed by atoms with Crippen molar-refractivity contribution in [2.24, 2.45) is 11.7 Å². The van der Waals surface area contributed by atoms with Gasteiger partial charge in [-0.2, -0.15) is 0 Å². The van der Waals surface area contributed by atoms with Gasteiger partial charge in [0.05, 0.1) is 22.9 Å². The molecule has 6 nitrogen and oxygen atoms in total. The summed E-state index contributed by atoms with van der Waals surface area (Å²) in [4.78, 5) is 15.9. The molecule has 1 aromatic heterocycles. The lowest BCUT2D eigenvalue weighted by Gasteiger charge is -2.30. The number of carbonyl (C=O) groups excluding carboxylic acids is 1. The van der Waals surface area contributed by atoms with Crippen molar-refractivity contribution in [3.63, 3.8) is 0 Å². The zero-order valence-corrected chi connectivity index (χ0v) is 18.3. The summed E-state index contributed by atoms with van der Waals surface area (Å²) in [6.07, 6.45) is -0.213. The molecule has 8 heteroatoms. The Kier molecular flexibility index (Phi) is 5.70. The minimum absolute atomic E-state index is 0.185. The van der Waals surface area contributed by atoms with Crippen molar-refractivity contribution in [1.29, 1.82) is 0 Å². The number of hydrogen-bond acceptors (Lipinski definition) is 6. The summed E-state index contributed by atoms with van der Waals surface area (Å²) < 4.78 is 26.1. The second kappa shape index (κ2) is 8.80. The molecular weight excluding hydrogens is 443 g/mol. The first kappa shape index (κ1) is 21.4. The fourth-order valence-electron chi connectivity index (χ4n) is 4.00. The van der Waals surface area contributed by atoms with E-state index in [4.69, 9.17) is 15.2 Å². The van der Waals surface area contributed by atoms with Crippen LogP contribution in [0.25, 0.3) is 10.2 Å². The molecule has 0 spiro atoms. The van der Waals surface area contributed by atoms with Gasteiger partial charge in [0, 0.05) is 23.1 Å². The Bertz CT molecular complexity index is 1340. The molecule has 5 rings (SSSR count). The Hall–Kier alpha value is -3.49. The number of carbonyl (C=O) groups is 1. The molecule has 3 N–H and O–H groups in total. The van der Waals surface area contributed by atoms with Crippen molar-refractivity contribution >= 4 is 27.5 Å². The van der Waals surface area contributed by atoms with Crippen LogP contribution in [0.3, 0.4) is 0 Å². The summed E-state index contributed by atoms with van der Waals surface area (Å²) in [5.74, 6) is 0.211. The number of ether oxygens (including phenoxy) is 2. The van der Waals surface area contributed by atoms with Crippen LogP contribution in [0, 0.1) is 11.7 Å². The third-order valence-corrected chi connectivity index (χ3v) is 6.67. The number of thiazole rings is 1. The lowest BCUT2D eigenvalue weighted by molar-refractivity contribution is 0.0504. The monoisotopic (exact) mass is 464 g/mol. The van der Waals surface area contributed by atoms with Crippen LogP contribution in [0.1, 0.15) is 32.6 Å². The standard InChI is InChI=1S/C25H21FN2O4S/c26-17-4-7-22-20(10-17)28-23(33-22)13-31-18-5-6-21-19(11-18)24(29)16(12-32-21)9-14-2-1-3-15(8-14)25(27)30/h1-8,10-11,16,24,29H,9,12-13H2,(H2,27,30). The molecule has 2 heterocycles. The third-order valence-electron chi connectivity index (χ3n) is 5.66. The Morgan fingerprint density at radius 2 is 2.09 bits per heavy atom. The molecule has 0 fully saturated rings. The minimum atomic E-state index is -0.750. The Balaban J connectivity index is 1.30. The van der Waals surface area contributed by atoms with E-state index in [2.05, 4.69) is 4.98 Å². The molecule has 1 aliphatic heterocycles. The largest absolute Gasteiger partial charge is 0.493 e. The lowest BCUT2D eigenvalue weighted by Crippen LogP contribution is -2.27. The Morgan fingerprint density at radius 1 is 1.21 bits per heavy atom. The lowest BCUT2D eigenvalue weighted by atomic mass is 9.87. The number of amides is 1. The summed E-state index contributed by atoms with van der Waals surface area (Å²) in [5.41, 5.74) is 7.98. The van der Waals surface area contributed by atoms with Gasteiger partial charge in [0.15, 0.2) is 0 Å².